The van der Waals surface area contributed by atoms with Crippen molar-refractivity contribution < 1.29 is 4.74 Å². The van der Waals surface area contributed by atoms with Crippen LogP contribution in [0.2, 0.25) is 0 Å². The Balaban J connectivity index is 1.95. The van der Waals surface area contributed by atoms with Gasteiger partial charge in [0.2, 0.25) is 5.88 Å². The largest absolute Gasteiger partial charge is 0.481 e. The lowest BCUT2D eigenvalue weighted by atomic mass is 10.2. The van der Waals surface area contributed by atoms with Gasteiger partial charge in [-0.1, -0.05) is 6.92 Å². The van der Waals surface area contributed by atoms with Gasteiger partial charge in [0, 0.05) is 30.6 Å². The van der Waals surface area contributed by atoms with E-state index in [2.05, 4.69) is 27.9 Å². The highest BCUT2D eigenvalue weighted by atomic mass is 32.2. The molecule has 0 saturated carbocycles. The topological polar surface area (TPSA) is 38.2 Å². The molecule has 1 aliphatic rings. The molecule has 1 saturated heterocycles. The molecule has 1 atom stereocenters. The Hall–Kier alpha value is -1.49. The summed E-state index contributed by atoms with van der Waals surface area (Å²) in [6.07, 6.45) is 3.11. The summed E-state index contributed by atoms with van der Waals surface area (Å²) in [5.74, 6) is 1.83. The third-order valence-corrected chi connectivity index (χ3v) is 4.82. The molecule has 1 aliphatic heterocycles. The third kappa shape index (κ3) is 2.54. The first kappa shape index (κ1) is 13.5. The number of pyridine rings is 2. The van der Waals surface area contributed by atoms with Gasteiger partial charge in [-0.3, -0.25) is 4.98 Å². The van der Waals surface area contributed by atoms with E-state index in [4.69, 9.17) is 4.74 Å². The van der Waals surface area contributed by atoms with E-state index < -0.39 is 0 Å². The maximum atomic E-state index is 5.24. The van der Waals surface area contributed by atoms with Crippen LogP contribution in [0, 0.1) is 0 Å². The van der Waals surface area contributed by atoms with Gasteiger partial charge in [-0.25, -0.2) is 4.98 Å². The van der Waals surface area contributed by atoms with Gasteiger partial charge >= 0.3 is 0 Å². The van der Waals surface area contributed by atoms with E-state index in [1.54, 1.807) is 7.11 Å². The van der Waals surface area contributed by atoms with Gasteiger partial charge in [0.15, 0.2) is 0 Å². The fourth-order valence-electron chi connectivity index (χ4n) is 2.68. The molecule has 0 amide bonds. The molecule has 2 aromatic heterocycles. The fraction of sp³-hybridized carbons (Fsp3) is 0.467. The number of rotatable bonds is 4. The van der Waals surface area contributed by atoms with Gasteiger partial charge in [0.05, 0.1) is 18.3 Å². The van der Waals surface area contributed by atoms with Crippen molar-refractivity contribution >= 4 is 28.5 Å². The summed E-state index contributed by atoms with van der Waals surface area (Å²) in [4.78, 5) is 11.4. The molecule has 1 fully saturated rings. The molecule has 106 valence electrons. The van der Waals surface area contributed by atoms with Crippen LogP contribution in [-0.4, -0.2) is 41.2 Å². The predicted octanol–water partition coefficient (Wildman–Crippen LogP) is 2.97. The Morgan fingerprint density at radius 2 is 2.30 bits per heavy atom. The Morgan fingerprint density at radius 1 is 1.40 bits per heavy atom. The second kappa shape index (κ2) is 5.87. The number of fused-ring (bicyclic) bond motifs is 1. The van der Waals surface area contributed by atoms with Crippen LogP contribution in [0.15, 0.2) is 24.4 Å². The fourth-order valence-corrected chi connectivity index (χ4v) is 3.71. The number of ether oxygens (including phenoxy) is 1. The summed E-state index contributed by atoms with van der Waals surface area (Å²) in [6, 6.07) is 5.89. The molecule has 2 aromatic rings. The monoisotopic (exact) mass is 289 g/mol. The molecule has 4 nitrogen and oxygen atoms in total. The minimum Gasteiger partial charge on any atom is -0.481 e. The van der Waals surface area contributed by atoms with E-state index in [1.165, 1.54) is 17.9 Å². The van der Waals surface area contributed by atoms with Crippen molar-refractivity contribution in [3.8, 4) is 5.88 Å². The quantitative estimate of drug-likeness (QED) is 0.865. The minimum atomic E-state index is 0.644. The lowest BCUT2D eigenvalue weighted by Gasteiger charge is -2.19. The van der Waals surface area contributed by atoms with E-state index >= 15 is 0 Å². The van der Waals surface area contributed by atoms with Crippen LogP contribution in [0.3, 0.4) is 0 Å². The average Bonchev–Trinajstić information content (AvgIpc) is 2.95. The zero-order valence-corrected chi connectivity index (χ0v) is 12.7. The molecule has 1 unspecified atom stereocenters. The molecule has 0 bridgehead atoms. The van der Waals surface area contributed by atoms with E-state index in [1.807, 2.05) is 30.1 Å². The van der Waals surface area contributed by atoms with Crippen molar-refractivity contribution in [2.45, 2.75) is 18.6 Å². The molecule has 0 aromatic carbocycles. The number of methoxy groups -OCH3 is 1. The van der Waals surface area contributed by atoms with Crippen LogP contribution in [0.5, 0.6) is 5.88 Å². The summed E-state index contributed by atoms with van der Waals surface area (Å²) in [7, 11) is 1.65. The molecular weight excluding hydrogens is 270 g/mol. The summed E-state index contributed by atoms with van der Waals surface area (Å²) >= 11 is 2.05. The normalized spacial score (nSPS) is 18.7. The van der Waals surface area contributed by atoms with Gasteiger partial charge in [0.1, 0.15) is 5.52 Å². The maximum absolute atomic E-state index is 5.24. The summed E-state index contributed by atoms with van der Waals surface area (Å²) in [5, 5.41) is 0.730. The van der Waals surface area contributed by atoms with Gasteiger partial charge in [-0.05, 0) is 24.3 Å². The zero-order valence-electron chi connectivity index (χ0n) is 11.9. The van der Waals surface area contributed by atoms with E-state index in [0.717, 1.165) is 29.4 Å². The first-order valence-electron chi connectivity index (χ1n) is 6.98. The van der Waals surface area contributed by atoms with Crippen molar-refractivity contribution in [1.29, 1.82) is 0 Å². The molecule has 3 heterocycles. The first-order valence-corrected chi connectivity index (χ1v) is 8.03. The predicted molar refractivity (Wildman–Crippen MR) is 84.8 cm³/mol. The SMILES string of the molecule is CCSC1CCN(c2ccnc3ccc(OC)nc23)C1. The van der Waals surface area contributed by atoms with Crippen molar-refractivity contribution in [3.63, 3.8) is 0 Å². The Kier molecular flexibility index (Phi) is 3.96. The Bertz CT molecular complexity index is 605. The number of nitrogens with zero attached hydrogens (tertiary/aromatic N) is 3. The molecular formula is C15H19N3OS. The Labute approximate surface area is 123 Å². The molecule has 0 aliphatic carbocycles. The molecule has 0 spiro atoms. The lowest BCUT2D eigenvalue weighted by Crippen LogP contribution is -2.21. The molecule has 0 N–H and O–H groups in total. The number of hydrogen-bond acceptors (Lipinski definition) is 5. The molecule has 3 rings (SSSR count). The van der Waals surface area contributed by atoms with Crippen molar-refractivity contribution in [3.05, 3.63) is 24.4 Å². The van der Waals surface area contributed by atoms with Crippen LogP contribution in [-0.2, 0) is 0 Å². The molecule has 20 heavy (non-hydrogen) atoms. The van der Waals surface area contributed by atoms with Crippen LogP contribution in [0.1, 0.15) is 13.3 Å². The number of aromatic nitrogens is 2. The highest BCUT2D eigenvalue weighted by Crippen LogP contribution is 2.31. The molecule has 5 heteroatoms. The van der Waals surface area contributed by atoms with Crippen LogP contribution >= 0.6 is 11.8 Å². The van der Waals surface area contributed by atoms with Crippen LogP contribution in [0.25, 0.3) is 11.0 Å². The maximum Gasteiger partial charge on any atom is 0.213 e. The second-order valence-electron chi connectivity index (χ2n) is 4.86. The third-order valence-electron chi connectivity index (χ3n) is 3.63. The summed E-state index contributed by atoms with van der Waals surface area (Å²) < 4.78 is 5.24. The van der Waals surface area contributed by atoms with Crippen LogP contribution in [0.4, 0.5) is 5.69 Å². The van der Waals surface area contributed by atoms with Crippen molar-refractivity contribution in [2.24, 2.45) is 0 Å². The van der Waals surface area contributed by atoms with E-state index in [9.17, 15) is 0 Å². The number of thioether (sulfide) groups is 1. The summed E-state index contributed by atoms with van der Waals surface area (Å²) in [6.45, 7) is 4.41. The van der Waals surface area contributed by atoms with Gasteiger partial charge in [-0.2, -0.15) is 11.8 Å². The Morgan fingerprint density at radius 3 is 3.10 bits per heavy atom. The van der Waals surface area contributed by atoms with E-state index in [-0.39, 0.29) is 0 Å². The smallest absolute Gasteiger partial charge is 0.213 e. The minimum absolute atomic E-state index is 0.644. The van der Waals surface area contributed by atoms with Gasteiger partial charge in [-0.15, -0.1) is 0 Å². The number of hydrogen-bond donors (Lipinski definition) is 0. The zero-order chi connectivity index (χ0) is 13.9. The van der Waals surface area contributed by atoms with E-state index in [0.29, 0.717) is 5.88 Å². The van der Waals surface area contributed by atoms with Crippen molar-refractivity contribution in [1.82, 2.24) is 9.97 Å². The van der Waals surface area contributed by atoms with Gasteiger partial charge in [0.25, 0.3) is 0 Å². The van der Waals surface area contributed by atoms with Crippen LogP contribution < -0.4 is 9.64 Å². The summed E-state index contributed by atoms with van der Waals surface area (Å²) in [5.41, 5.74) is 3.04. The highest BCUT2D eigenvalue weighted by molar-refractivity contribution is 7.99. The second-order valence-corrected chi connectivity index (χ2v) is 6.44. The lowest BCUT2D eigenvalue weighted by molar-refractivity contribution is 0.399. The number of anilines is 1. The van der Waals surface area contributed by atoms with Gasteiger partial charge < -0.3 is 9.64 Å². The van der Waals surface area contributed by atoms with Crippen molar-refractivity contribution in [2.75, 3.05) is 30.9 Å². The highest BCUT2D eigenvalue weighted by Gasteiger charge is 2.24. The average molecular weight is 289 g/mol. The molecule has 0 radical (unpaired) electrons. The first-order chi connectivity index (χ1) is 9.81. The standard InChI is InChI=1S/C15H19N3OS/c1-3-20-11-7-9-18(10-11)13-6-8-16-12-4-5-14(19-2)17-15(12)13/h4-6,8,11H,3,7,9-10H2,1-2H3.